The van der Waals surface area contributed by atoms with E-state index < -0.39 is 0 Å². The number of hydrogen-bond donors (Lipinski definition) is 1. The molecule has 1 saturated carbocycles. The van der Waals surface area contributed by atoms with E-state index in [1.165, 1.54) is 0 Å². The quantitative estimate of drug-likeness (QED) is 0.676. The van der Waals surface area contributed by atoms with Crippen molar-refractivity contribution in [1.29, 1.82) is 5.41 Å². The summed E-state index contributed by atoms with van der Waals surface area (Å²) in [4.78, 5) is 13.6. The highest BCUT2D eigenvalue weighted by atomic mass is 16.5. The van der Waals surface area contributed by atoms with Gasteiger partial charge in [-0.25, -0.2) is 9.97 Å². The molecule has 1 aromatic carbocycles. The first-order valence-corrected chi connectivity index (χ1v) is 10.7. The van der Waals surface area contributed by atoms with Gasteiger partial charge in [0.05, 0.1) is 18.0 Å². The molecule has 2 heterocycles. The number of benzene rings is 1. The van der Waals surface area contributed by atoms with Gasteiger partial charge in [-0.05, 0) is 38.8 Å². The summed E-state index contributed by atoms with van der Waals surface area (Å²) in [5.74, 6) is 1.69. The SMILES string of the molecule is COCCN1CCN(c2cc(C(=N)c3cccc(OC4(C)CC4)c3)ncn2)CC1C. The summed E-state index contributed by atoms with van der Waals surface area (Å²) in [5, 5.41) is 8.69. The van der Waals surface area contributed by atoms with Crippen LogP contribution < -0.4 is 9.64 Å². The highest BCUT2D eigenvalue weighted by Gasteiger charge is 2.40. The van der Waals surface area contributed by atoms with Crippen molar-refractivity contribution >= 4 is 11.5 Å². The maximum absolute atomic E-state index is 8.69. The minimum atomic E-state index is -0.0367. The molecule has 0 bridgehead atoms. The number of hydrogen-bond acceptors (Lipinski definition) is 7. The van der Waals surface area contributed by atoms with E-state index in [0.717, 1.165) is 62.8 Å². The molecule has 0 amide bonds. The Balaban J connectivity index is 1.46. The first kappa shape index (κ1) is 20.8. The van der Waals surface area contributed by atoms with Crippen molar-refractivity contribution in [2.24, 2.45) is 0 Å². The average molecular weight is 410 g/mol. The van der Waals surface area contributed by atoms with Gasteiger partial charge in [0.1, 0.15) is 23.5 Å². The van der Waals surface area contributed by atoms with E-state index in [1.807, 2.05) is 30.3 Å². The van der Waals surface area contributed by atoms with Crippen molar-refractivity contribution in [3.63, 3.8) is 0 Å². The van der Waals surface area contributed by atoms with Gasteiger partial charge < -0.3 is 14.4 Å². The molecule has 7 nitrogen and oxygen atoms in total. The first-order valence-electron chi connectivity index (χ1n) is 10.7. The van der Waals surface area contributed by atoms with Crippen LogP contribution in [0, 0.1) is 5.41 Å². The predicted molar refractivity (Wildman–Crippen MR) is 118 cm³/mol. The van der Waals surface area contributed by atoms with Crippen LogP contribution in [-0.2, 0) is 4.74 Å². The van der Waals surface area contributed by atoms with Crippen LogP contribution in [0.4, 0.5) is 5.82 Å². The Morgan fingerprint density at radius 1 is 1.23 bits per heavy atom. The summed E-state index contributed by atoms with van der Waals surface area (Å²) in [6.07, 6.45) is 3.73. The predicted octanol–water partition coefficient (Wildman–Crippen LogP) is 2.98. The van der Waals surface area contributed by atoms with Crippen molar-refractivity contribution in [3.05, 3.63) is 47.9 Å². The molecule has 7 heteroatoms. The Morgan fingerprint density at radius 2 is 2.07 bits per heavy atom. The third kappa shape index (κ3) is 4.79. The van der Waals surface area contributed by atoms with Crippen LogP contribution in [-0.4, -0.2) is 72.1 Å². The number of nitrogens with one attached hydrogen (secondary N) is 1. The number of ether oxygens (including phenoxy) is 2. The molecule has 2 aliphatic rings. The molecule has 160 valence electrons. The maximum atomic E-state index is 8.69. The molecule has 1 unspecified atom stereocenters. The van der Waals surface area contributed by atoms with Crippen LogP contribution >= 0.6 is 0 Å². The Kier molecular flexibility index (Phi) is 6.01. The molecule has 2 fully saturated rings. The van der Waals surface area contributed by atoms with Crippen LogP contribution in [0.2, 0.25) is 0 Å². The fraction of sp³-hybridized carbons (Fsp3) is 0.522. The molecule has 4 rings (SSSR count). The second-order valence-corrected chi connectivity index (χ2v) is 8.54. The third-order valence-electron chi connectivity index (χ3n) is 6.02. The van der Waals surface area contributed by atoms with Crippen LogP contribution in [0.5, 0.6) is 5.75 Å². The molecule has 1 saturated heterocycles. The molecule has 2 aromatic rings. The second-order valence-electron chi connectivity index (χ2n) is 8.54. The van der Waals surface area contributed by atoms with Gasteiger partial charge >= 0.3 is 0 Å². The molecular formula is C23H31N5O2. The normalized spacial score (nSPS) is 20.8. The van der Waals surface area contributed by atoms with Gasteiger partial charge in [0.15, 0.2) is 0 Å². The Morgan fingerprint density at radius 3 is 2.80 bits per heavy atom. The average Bonchev–Trinajstić information content (AvgIpc) is 3.49. The van der Waals surface area contributed by atoms with Crippen molar-refractivity contribution in [2.45, 2.75) is 38.3 Å². The van der Waals surface area contributed by atoms with Gasteiger partial charge in [-0.1, -0.05) is 12.1 Å². The molecular weight excluding hydrogens is 378 g/mol. The van der Waals surface area contributed by atoms with Gasteiger partial charge in [0.2, 0.25) is 0 Å². The Bertz CT molecular complexity index is 899. The van der Waals surface area contributed by atoms with E-state index in [4.69, 9.17) is 14.9 Å². The molecule has 1 aromatic heterocycles. The first-order chi connectivity index (χ1) is 14.5. The fourth-order valence-electron chi connectivity index (χ4n) is 3.83. The molecule has 1 atom stereocenters. The largest absolute Gasteiger partial charge is 0.488 e. The molecule has 0 spiro atoms. The maximum Gasteiger partial charge on any atom is 0.132 e. The van der Waals surface area contributed by atoms with E-state index in [0.29, 0.717) is 17.4 Å². The molecule has 1 N–H and O–H groups in total. The minimum absolute atomic E-state index is 0.0367. The van der Waals surface area contributed by atoms with E-state index in [-0.39, 0.29) is 5.60 Å². The lowest BCUT2D eigenvalue weighted by atomic mass is 10.1. The van der Waals surface area contributed by atoms with Crippen molar-refractivity contribution in [1.82, 2.24) is 14.9 Å². The van der Waals surface area contributed by atoms with Gasteiger partial charge in [0.25, 0.3) is 0 Å². The zero-order valence-corrected chi connectivity index (χ0v) is 18.1. The van der Waals surface area contributed by atoms with Crippen molar-refractivity contribution in [2.75, 3.05) is 44.8 Å². The summed E-state index contributed by atoms with van der Waals surface area (Å²) in [7, 11) is 1.74. The monoisotopic (exact) mass is 409 g/mol. The van der Waals surface area contributed by atoms with E-state index in [2.05, 4.69) is 33.6 Å². The highest BCUT2D eigenvalue weighted by Crippen LogP contribution is 2.39. The van der Waals surface area contributed by atoms with Crippen LogP contribution in [0.3, 0.4) is 0 Å². The van der Waals surface area contributed by atoms with E-state index in [9.17, 15) is 0 Å². The lowest BCUT2D eigenvalue weighted by Crippen LogP contribution is -2.53. The zero-order valence-electron chi connectivity index (χ0n) is 18.1. The summed E-state index contributed by atoms with van der Waals surface area (Å²) in [6.45, 7) is 8.83. The standard InChI is InChI=1S/C23H31N5O2/c1-17-15-28(10-9-27(17)11-12-29-3)21-14-20(25-16-26-21)22(24)18-5-4-6-19(13-18)30-23(2)7-8-23/h4-6,13-14,16-17,24H,7-12,15H2,1-3H3. The highest BCUT2D eigenvalue weighted by molar-refractivity contribution is 6.10. The molecule has 0 radical (unpaired) electrons. The van der Waals surface area contributed by atoms with Crippen LogP contribution in [0.25, 0.3) is 0 Å². The van der Waals surface area contributed by atoms with Gasteiger partial charge in [-0.15, -0.1) is 0 Å². The van der Waals surface area contributed by atoms with E-state index >= 15 is 0 Å². The van der Waals surface area contributed by atoms with Crippen molar-refractivity contribution in [3.8, 4) is 5.75 Å². The number of rotatable bonds is 8. The third-order valence-corrected chi connectivity index (χ3v) is 6.02. The van der Waals surface area contributed by atoms with Gasteiger partial charge in [-0.2, -0.15) is 0 Å². The zero-order chi connectivity index (χ0) is 21.1. The Hall–Kier alpha value is -2.51. The smallest absolute Gasteiger partial charge is 0.132 e. The molecule has 1 aliphatic carbocycles. The number of methoxy groups -OCH3 is 1. The lowest BCUT2D eigenvalue weighted by Gasteiger charge is -2.40. The topological polar surface area (TPSA) is 74.6 Å². The van der Waals surface area contributed by atoms with Crippen molar-refractivity contribution < 1.29 is 9.47 Å². The lowest BCUT2D eigenvalue weighted by molar-refractivity contribution is 0.117. The minimum Gasteiger partial charge on any atom is -0.488 e. The van der Waals surface area contributed by atoms with Crippen LogP contribution in [0.1, 0.15) is 37.9 Å². The van der Waals surface area contributed by atoms with Gasteiger partial charge in [-0.3, -0.25) is 10.3 Å². The summed E-state index contributed by atoms with van der Waals surface area (Å²) in [6, 6.07) is 10.1. The number of anilines is 1. The second kappa shape index (κ2) is 8.70. The Labute approximate surface area is 178 Å². The number of aromatic nitrogens is 2. The summed E-state index contributed by atoms with van der Waals surface area (Å²) >= 11 is 0. The number of piperazine rings is 1. The molecule has 1 aliphatic heterocycles. The van der Waals surface area contributed by atoms with E-state index in [1.54, 1.807) is 13.4 Å². The summed E-state index contributed by atoms with van der Waals surface area (Å²) in [5.41, 5.74) is 1.78. The molecule has 30 heavy (non-hydrogen) atoms. The van der Waals surface area contributed by atoms with Crippen LogP contribution in [0.15, 0.2) is 36.7 Å². The van der Waals surface area contributed by atoms with Gasteiger partial charge in [0, 0.05) is 51.0 Å². The summed E-state index contributed by atoms with van der Waals surface area (Å²) < 4.78 is 11.3. The number of nitrogens with zero attached hydrogens (tertiary/aromatic N) is 4. The fourth-order valence-corrected chi connectivity index (χ4v) is 3.83.